The number of nitrogens with one attached hydrogen (secondary N) is 1. The van der Waals surface area contributed by atoms with E-state index in [0.29, 0.717) is 11.5 Å². The summed E-state index contributed by atoms with van der Waals surface area (Å²) in [6, 6.07) is 7.12. The fourth-order valence-corrected chi connectivity index (χ4v) is 1.82. The Morgan fingerprint density at radius 1 is 1.16 bits per heavy atom. The van der Waals surface area contributed by atoms with Gasteiger partial charge >= 0.3 is 0 Å². The Hall–Kier alpha value is -2.18. The molecule has 1 atom stereocenters. The van der Waals surface area contributed by atoms with Crippen LogP contribution in [0.1, 0.15) is 17.3 Å². The number of nitrogens with two attached hydrogens (primary N) is 1. The van der Waals surface area contributed by atoms with E-state index < -0.39 is 0 Å². The van der Waals surface area contributed by atoms with Gasteiger partial charge in [0.15, 0.2) is 0 Å². The quantitative estimate of drug-likeness (QED) is 0.617. The Bertz CT molecular complexity index is 511. The largest absolute Gasteiger partial charge is 0.497 e. The van der Waals surface area contributed by atoms with Crippen molar-refractivity contribution >= 4 is 0 Å². The summed E-state index contributed by atoms with van der Waals surface area (Å²) in [5, 5.41) is 0. The van der Waals surface area contributed by atoms with Gasteiger partial charge in [-0.05, 0) is 23.8 Å². The number of ether oxygens (including phenoxy) is 2. The molecule has 0 saturated carbocycles. The molecule has 0 aliphatic carbocycles. The van der Waals surface area contributed by atoms with Crippen molar-refractivity contribution in [3.63, 3.8) is 0 Å². The van der Waals surface area contributed by atoms with E-state index in [1.165, 1.54) is 6.33 Å². The highest BCUT2D eigenvalue weighted by Gasteiger charge is 2.15. The number of rotatable bonds is 5. The third-order valence-corrected chi connectivity index (χ3v) is 2.77. The molecule has 1 heterocycles. The lowest BCUT2D eigenvalue weighted by molar-refractivity contribution is 0.392. The molecule has 6 nitrogen and oxygen atoms in total. The van der Waals surface area contributed by atoms with Crippen LogP contribution in [0.2, 0.25) is 0 Å². The van der Waals surface area contributed by atoms with E-state index in [0.717, 1.165) is 11.3 Å². The highest BCUT2D eigenvalue weighted by molar-refractivity contribution is 5.41. The maximum Gasteiger partial charge on any atom is 0.122 e. The average Bonchev–Trinajstić information content (AvgIpc) is 2.48. The van der Waals surface area contributed by atoms with Gasteiger partial charge in [0.2, 0.25) is 0 Å². The number of hydrazine groups is 1. The molecule has 0 saturated heterocycles. The molecule has 0 aliphatic rings. The SMILES string of the molecule is COc1cc(OC)cc(C(NN)c2ccncn2)c1. The first kappa shape index (κ1) is 13.3. The molecule has 0 aliphatic heterocycles. The fraction of sp³-hybridized carbons (Fsp3) is 0.231. The van der Waals surface area contributed by atoms with Crippen LogP contribution in [-0.2, 0) is 0 Å². The van der Waals surface area contributed by atoms with Crippen LogP contribution in [0.4, 0.5) is 0 Å². The lowest BCUT2D eigenvalue weighted by Gasteiger charge is -2.17. The Morgan fingerprint density at radius 3 is 2.32 bits per heavy atom. The van der Waals surface area contributed by atoms with E-state index in [-0.39, 0.29) is 6.04 Å². The van der Waals surface area contributed by atoms with Crippen molar-refractivity contribution in [2.45, 2.75) is 6.04 Å². The number of nitrogens with zero attached hydrogens (tertiary/aromatic N) is 2. The predicted molar refractivity (Wildman–Crippen MR) is 70.7 cm³/mol. The molecule has 0 bridgehead atoms. The second-order valence-electron chi connectivity index (χ2n) is 3.88. The van der Waals surface area contributed by atoms with E-state index in [2.05, 4.69) is 15.4 Å². The normalized spacial score (nSPS) is 11.9. The maximum absolute atomic E-state index is 5.63. The van der Waals surface area contributed by atoms with Crippen molar-refractivity contribution < 1.29 is 9.47 Å². The summed E-state index contributed by atoms with van der Waals surface area (Å²) in [7, 11) is 3.21. The van der Waals surface area contributed by atoms with Crippen LogP contribution < -0.4 is 20.7 Å². The predicted octanol–water partition coefficient (Wildman–Crippen LogP) is 1.05. The number of methoxy groups -OCH3 is 2. The fourth-order valence-electron chi connectivity index (χ4n) is 1.82. The summed E-state index contributed by atoms with van der Waals surface area (Å²) >= 11 is 0. The summed E-state index contributed by atoms with van der Waals surface area (Å²) in [4.78, 5) is 8.10. The zero-order valence-electron chi connectivity index (χ0n) is 10.8. The molecule has 2 rings (SSSR count). The van der Waals surface area contributed by atoms with Gasteiger partial charge in [0.05, 0.1) is 26.0 Å². The molecule has 0 amide bonds. The highest BCUT2D eigenvalue weighted by Crippen LogP contribution is 2.28. The monoisotopic (exact) mass is 260 g/mol. The topological polar surface area (TPSA) is 82.3 Å². The molecule has 100 valence electrons. The molecule has 6 heteroatoms. The number of hydrogen-bond donors (Lipinski definition) is 2. The van der Waals surface area contributed by atoms with E-state index in [4.69, 9.17) is 15.3 Å². The Labute approximate surface area is 111 Å². The van der Waals surface area contributed by atoms with E-state index in [1.807, 2.05) is 12.1 Å². The lowest BCUT2D eigenvalue weighted by Crippen LogP contribution is -2.29. The summed E-state index contributed by atoms with van der Waals surface area (Å²) in [6.45, 7) is 0. The lowest BCUT2D eigenvalue weighted by atomic mass is 10.0. The van der Waals surface area contributed by atoms with Crippen LogP contribution in [0.15, 0.2) is 36.8 Å². The third-order valence-electron chi connectivity index (χ3n) is 2.77. The molecule has 3 N–H and O–H groups in total. The Balaban J connectivity index is 2.43. The maximum atomic E-state index is 5.63. The minimum absolute atomic E-state index is 0.257. The molecular formula is C13H16N4O2. The van der Waals surface area contributed by atoms with Crippen molar-refractivity contribution in [2.24, 2.45) is 5.84 Å². The first-order valence-corrected chi connectivity index (χ1v) is 5.73. The molecule has 0 radical (unpaired) electrons. The minimum Gasteiger partial charge on any atom is -0.497 e. The van der Waals surface area contributed by atoms with Crippen molar-refractivity contribution in [1.29, 1.82) is 0 Å². The Kier molecular flexibility index (Phi) is 4.27. The zero-order chi connectivity index (χ0) is 13.7. The summed E-state index contributed by atoms with van der Waals surface area (Å²) < 4.78 is 10.5. The standard InChI is InChI=1S/C13H16N4O2/c1-18-10-5-9(6-11(7-10)19-2)13(17-14)12-3-4-15-8-16-12/h3-8,13,17H,14H2,1-2H3. The second-order valence-corrected chi connectivity index (χ2v) is 3.88. The molecular weight excluding hydrogens is 244 g/mol. The van der Waals surface area contributed by atoms with Gasteiger partial charge in [-0.3, -0.25) is 5.84 Å². The van der Waals surface area contributed by atoms with E-state index in [9.17, 15) is 0 Å². The molecule has 0 fully saturated rings. The van der Waals surface area contributed by atoms with Gasteiger partial charge in [-0.1, -0.05) is 0 Å². The highest BCUT2D eigenvalue weighted by atomic mass is 16.5. The molecule has 0 spiro atoms. The van der Waals surface area contributed by atoms with E-state index in [1.54, 1.807) is 32.5 Å². The van der Waals surface area contributed by atoms with Crippen molar-refractivity contribution in [3.8, 4) is 11.5 Å². The second kappa shape index (κ2) is 6.12. The van der Waals surface area contributed by atoms with Gasteiger partial charge < -0.3 is 9.47 Å². The van der Waals surface area contributed by atoms with Gasteiger partial charge in [0.25, 0.3) is 0 Å². The van der Waals surface area contributed by atoms with Crippen molar-refractivity contribution in [3.05, 3.63) is 48.0 Å². The van der Waals surface area contributed by atoms with Crippen molar-refractivity contribution in [2.75, 3.05) is 14.2 Å². The van der Waals surface area contributed by atoms with Gasteiger partial charge in [0, 0.05) is 12.3 Å². The minimum atomic E-state index is -0.257. The van der Waals surface area contributed by atoms with Gasteiger partial charge in [-0.25, -0.2) is 15.4 Å². The molecule has 2 aromatic rings. The van der Waals surface area contributed by atoms with Crippen LogP contribution in [0.3, 0.4) is 0 Å². The average molecular weight is 260 g/mol. The van der Waals surface area contributed by atoms with Crippen molar-refractivity contribution in [1.82, 2.24) is 15.4 Å². The van der Waals surface area contributed by atoms with E-state index >= 15 is 0 Å². The zero-order valence-corrected chi connectivity index (χ0v) is 10.8. The first-order valence-electron chi connectivity index (χ1n) is 5.73. The molecule has 1 aromatic heterocycles. The van der Waals surface area contributed by atoms with Gasteiger partial charge in [-0.15, -0.1) is 0 Å². The van der Waals surface area contributed by atoms with Crippen LogP contribution in [0.25, 0.3) is 0 Å². The summed E-state index contributed by atoms with van der Waals surface area (Å²) in [6.07, 6.45) is 3.15. The number of hydrogen-bond acceptors (Lipinski definition) is 6. The van der Waals surface area contributed by atoms with Crippen LogP contribution in [0, 0.1) is 0 Å². The summed E-state index contributed by atoms with van der Waals surface area (Å²) in [5.41, 5.74) is 4.41. The molecule has 1 unspecified atom stereocenters. The number of aromatic nitrogens is 2. The molecule has 19 heavy (non-hydrogen) atoms. The Morgan fingerprint density at radius 2 is 1.84 bits per heavy atom. The summed E-state index contributed by atoms with van der Waals surface area (Å²) in [5.74, 6) is 7.02. The number of benzene rings is 1. The van der Waals surface area contributed by atoms with Gasteiger partial charge in [0.1, 0.15) is 17.8 Å². The molecule has 1 aromatic carbocycles. The third kappa shape index (κ3) is 2.98. The van der Waals surface area contributed by atoms with Crippen LogP contribution >= 0.6 is 0 Å². The van der Waals surface area contributed by atoms with Gasteiger partial charge in [-0.2, -0.15) is 0 Å². The van der Waals surface area contributed by atoms with Crippen LogP contribution in [-0.4, -0.2) is 24.2 Å². The smallest absolute Gasteiger partial charge is 0.122 e. The first-order chi connectivity index (χ1) is 9.28. The van der Waals surface area contributed by atoms with Crippen LogP contribution in [0.5, 0.6) is 11.5 Å².